The van der Waals surface area contributed by atoms with E-state index in [9.17, 15) is 4.79 Å². The SMILES string of the molecule is CCC(=O)OC1(c2ccccc2)CCCCN1C. The molecule has 3 nitrogen and oxygen atoms in total. The molecule has 0 aromatic heterocycles. The van der Waals surface area contributed by atoms with Crippen LogP contribution in [0.2, 0.25) is 0 Å². The molecule has 2 rings (SSSR count). The first-order valence-electron chi connectivity index (χ1n) is 6.67. The van der Waals surface area contributed by atoms with E-state index < -0.39 is 5.72 Å². The van der Waals surface area contributed by atoms with E-state index in [1.807, 2.05) is 44.3 Å². The summed E-state index contributed by atoms with van der Waals surface area (Å²) in [6, 6.07) is 10.1. The van der Waals surface area contributed by atoms with E-state index in [1.54, 1.807) is 0 Å². The summed E-state index contributed by atoms with van der Waals surface area (Å²) < 4.78 is 5.81. The minimum Gasteiger partial charge on any atom is -0.439 e. The molecule has 1 aromatic carbocycles. The topological polar surface area (TPSA) is 29.5 Å². The molecule has 1 aliphatic heterocycles. The number of hydrogen-bond donors (Lipinski definition) is 0. The summed E-state index contributed by atoms with van der Waals surface area (Å²) in [6.45, 7) is 2.80. The molecule has 0 spiro atoms. The van der Waals surface area contributed by atoms with Crippen molar-refractivity contribution in [3.05, 3.63) is 35.9 Å². The average Bonchev–Trinajstić information content (AvgIpc) is 2.42. The molecular formula is C15H21NO2. The number of hydrogen-bond acceptors (Lipinski definition) is 3. The highest BCUT2D eigenvalue weighted by molar-refractivity contribution is 5.69. The number of piperidine rings is 1. The third-order valence-corrected chi connectivity index (χ3v) is 3.67. The molecule has 1 aromatic rings. The number of carbonyl (C=O) groups is 1. The van der Waals surface area contributed by atoms with Crippen LogP contribution in [0.25, 0.3) is 0 Å². The number of nitrogens with zero attached hydrogens (tertiary/aromatic N) is 1. The van der Waals surface area contributed by atoms with Gasteiger partial charge in [0.1, 0.15) is 0 Å². The highest BCUT2D eigenvalue weighted by Crippen LogP contribution is 2.38. The molecule has 1 atom stereocenters. The first kappa shape index (κ1) is 13.1. The van der Waals surface area contributed by atoms with Gasteiger partial charge in [-0.1, -0.05) is 37.3 Å². The Bertz CT molecular complexity index is 404. The van der Waals surface area contributed by atoms with Gasteiger partial charge in [-0.2, -0.15) is 0 Å². The summed E-state index contributed by atoms with van der Waals surface area (Å²) in [5.41, 5.74) is 0.515. The zero-order chi connectivity index (χ0) is 13.0. The van der Waals surface area contributed by atoms with Crippen molar-refractivity contribution in [3.63, 3.8) is 0 Å². The predicted octanol–water partition coefficient (Wildman–Crippen LogP) is 2.91. The maximum Gasteiger partial charge on any atom is 0.307 e. The van der Waals surface area contributed by atoms with E-state index in [-0.39, 0.29) is 5.97 Å². The van der Waals surface area contributed by atoms with Crippen LogP contribution in [0.3, 0.4) is 0 Å². The zero-order valence-corrected chi connectivity index (χ0v) is 11.2. The summed E-state index contributed by atoms with van der Waals surface area (Å²) in [6.07, 6.45) is 3.55. The monoisotopic (exact) mass is 247 g/mol. The van der Waals surface area contributed by atoms with Gasteiger partial charge in [-0.15, -0.1) is 0 Å². The van der Waals surface area contributed by atoms with Gasteiger partial charge in [-0.3, -0.25) is 9.69 Å². The Labute approximate surface area is 109 Å². The summed E-state index contributed by atoms with van der Waals surface area (Å²) in [5.74, 6) is -0.132. The summed E-state index contributed by atoms with van der Waals surface area (Å²) in [7, 11) is 2.04. The van der Waals surface area contributed by atoms with Crippen molar-refractivity contribution in [2.24, 2.45) is 0 Å². The number of benzene rings is 1. The lowest BCUT2D eigenvalue weighted by Crippen LogP contribution is -2.50. The Balaban J connectivity index is 2.35. The van der Waals surface area contributed by atoms with Crippen molar-refractivity contribution < 1.29 is 9.53 Å². The van der Waals surface area contributed by atoms with Gasteiger partial charge >= 0.3 is 5.97 Å². The molecule has 98 valence electrons. The van der Waals surface area contributed by atoms with E-state index in [0.29, 0.717) is 6.42 Å². The first-order chi connectivity index (χ1) is 8.69. The van der Waals surface area contributed by atoms with Crippen molar-refractivity contribution in [1.82, 2.24) is 4.90 Å². The van der Waals surface area contributed by atoms with E-state index in [2.05, 4.69) is 4.90 Å². The van der Waals surface area contributed by atoms with Gasteiger partial charge in [0.05, 0.1) is 0 Å². The number of likely N-dealkylation sites (tertiary alicyclic amines) is 1. The molecule has 1 fully saturated rings. The van der Waals surface area contributed by atoms with Gasteiger partial charge in [0.15, 0.2) is 5.72 Å². The fourth-order valence-electron chi connectivity index (χ4n) is 2.60. The molecule has 0 radical (unpaired) electrons. The molecule has 0 aliphatic carbocycles. The summed E-state index contributed by atoms with van der Waals surface area (Å²) in [4.78, 5) is 13.9. The molecule has 0 saturated carbocycles. The van der Waals surface area contributed by atoms with Gasteiger partial charge < -0.3 is 4.74 Å². The molecule has 1 aliphatic rings. The van der Waals surface area contributed by atoms with Crippen molar-refractivity contribution in [1.29, 1.82) is 0 Å². The minimum atomic E-state index is -0.563. The fourth-order valence-corrected chi connectivity index (χ4v) is 2.60. The molecule has 0 N–H and O–H groups in total. The molecule has 1 saturated heterocycles. The Morgan fingerprint density at radius 1 is 1.33 bits per heavy atom. The molecule has 1 heterocycles. The van der Waals surface area contributed by atoms with Gasteiger partial charge in [-0.25, -0.2) is 0 Å². The number of esters is 1. The van der Waals surface area contributed by atoms with Crippen LogP contribution in [0.1, 0.15) is 38.2 Å². The highest BCUT2D eigenvalue weighted by atomic mass is 16.6. The second kappa shape index (κ2) is 5.53. The second-order valence-corrected chi connectivity index (χ2v) is 4.86. The molecule has 3 heteroatoms. The summed E-state index contributed by atoms with van der Waals surface area (Å²) >= 11 is 0. The molecule has 0 amide bonds. The van der Waals surface area contributed by atoms with Gasteiger partial charge in [0, 0.05) is 24.9 Å². The number of ether oxygens (including phenoxy) is 1. The predicted molar refractivity (Wildman–Crippen MR) is 71.0 cm³/mol. The van der Waals surface area contributed by atoms with Crippen LogP contribution in [0.15, 0.2) is 30.3 Å². The smallest absolute Gasteiger partial charge is 0.307 e. The van der Waals surface area contributed by atoms with Crippen molar-refractivity contribution in [2.45, 2.75) is 38.3 Å². The van der Waals surface area contributed by atoms with Crippen molar-refractivity contribution in [3.8, 4) is 0 Å². The van der Waals surface area contributed by atoms with Crippen LogP contribution < -0.4 is 0 Å². The lowest BCUT2D eigenvalue weighted by Gasteiger charge is -2.44. The first-order valence-corrected chi connectivity index (χ1v) is 6.67. The van der Waals surface area contributed by atoms with Crippen LogP contribution in [0.4, 0.5) is 0 Å². The quantitative estimate of drug-likeness (QED) is 0.769. The van der Waals surface area contributed by atoms with Crippen LogP contribution >= 0.6 is 0 Å². The van der Waals surface area contributed by atoms with Gasteiger partial charge in [-0.05, 0) is 19.9 Å². The highest BCUT2D eigenvalue weighted by Gasteiger charge is 2.41. The maximum absolute atomic E-state index is 11.8. The normalized spacial score (nSPS) is 24.8. The van der Waals surface area contributed by atoms with E-state index in [1.165, 1.54) is 0 Å². The lowest BCUT2D eigenvalue weighted by atomic mass is 9.91. The standard InChI is InChI=1S/C15H21NO2/c1-3-14(17)18-15(11-7-8-12-16(15)2)13-9-5-4-6-10-13/h4-6,9-10H,3,7-8,11-12H2,1-2H3. The Hall–Kier alpha value is -1.35. The number of rotatable bonds is 3. The molecule has 1 unspecified atom stereocenters. The average molecular weight is 247 g/mol. The Kier molecular flexibility index (Phi) is 4.02. The Morgan fingerprint density at radius 3 is 2.67 bits per heavy atom. The fraction of sp³-hybridized carbons (Fsp3) is 0.533. The van der Waals surface area contributed by atoms with Crippen LogP contribution in [0.5, 0.6) is 0 Å². The maximum atomic E-state index is 11.8. The van der Waals surface area contributed by atoms with Crippen LogP contribution in [-0.2, 0) is 15.3 Å². The lowest BCUT2D eigenvalue weighted by molar-refractivity contribution is -0.194. The number of carbonyl (C=O) groups excluding carboxylic acids is 1. The van der Waals surface area contributed by atoms with E-state index in [0.717, 1.165) is 31.4 Å². The van der Waals surface area contributed by atoms with Gasteiger partial charge in [0.2, 0.25) is 0 Å². The van der Waals surface area contributed by atoms with E-state index in [4.69, 9.17) is 4.74 Å². The molecule has 0 bridgehead atoms. The Morgan fingerprint density at radius 2 is 2.06 bits per heavy atom. The van der Waals surface area contributed by atoms with Crippen molar-refractivity contribution >= 4 is 5.97 Å². The minimum absolute atomic E-state index is 0.132. The largest absolute Gasteiger partial charge is 0.439 e. The zero-order valence-electron chi connectivity index (χ0n) is 11.2. The third kappa shape index (κ3) is 2.41. The third-order valence-electron chi connectivity index (χ3n) is 3.67. The molecular weight excluding hydrogens is 226 g/mol. The second-order valence-electron chi connectivity index (χ2n) is 4.86. The van der Waals surface area contributed by atoms with Gasteiger partial charge in [0.25, 0.3) is 0 Å². The van der Waals surface area contributed by atoms with E-state index >= 15 is 0 Å². The molecule has 18 heavy (non-hydrogen) atoms. The van der Waals surface area contributed by atoms with Crippen LogP contribution in [0, 0.1) is 0 Å². The van der Waals surface area contributed by atoms with Crippen LogP contribution in [-0.4, -0.2) is 24.5 Å². The van der Waals surface area contributed by atoms with Crippen molar-refractivity contribution in [2.75, 3.05) is 13.6 Å². The summed E-state index contributed by atoms with van der Waals surface area (Å²) in [5, 5.41) is 0.